The summed E-state index contributed by atoms with van der Waals surface area (Å²) in [6.45, 7) is 7.49. The van der Waals surface area contributed by atoms with E-state index in [1.807, 2.05) is 0 Å². The van der Waals surface area contributed by atoms with E-state index >= 15 is 0 Å². The van der Waals surface area contributed by atoms with E-state index < -0.39 is 29.7 Å². The highest BCUT2D eigenvalue weighted by Crippen LogP contribution is 2.43. The van der Waals surface area contributed by atoms with Crippen molar-refractivity contribution in [3.05, 3.63) is 17.7 Å². The lowest BCUT2D eigenvalue weighted by Crippen LogP contribution is -2.54. The maximum absolute atomic E-state index is 13.5. The number of hydrogen-bond donors (Lipinski definition) is 0. The molecule has 0 aliphatic carbocycles. The van der Waals surface area contributed by atoms with Gasteiger partial charge in [-0.3, -0.25) is 9.69 Å². The molecule has 2 atom stereocenters. The summed E-state index contributed by atoms with van der Waals surface area (Å²) in [5, 5.41) is 4.21. The van der Waals surface area contributed by atoms with Gasteiger partial charge in [0.05, 0.1) is 31.5 Å². The number of alkyl halides is 3. The molecule has 0 radical (unpaired) electrons. The molecular formula is C24H31F3N4O6. The van der Waals surface area contributed by atoms with Crippen molar-refractivity contribution in [2.45, 2.75) is 38.7 Å². The van der Waals surface area contributed by atoms with Crippen LogP contribution in [0.5, 0.6) is 11.5 Å². The highest BCUT2D eigenvalue weighted by atomic mass is 19.4. The van der Waals surface area contributed by atoms with Gasteiger partial charge in [-0.1, -0.05) is 5.16 Å². The highest BCUT2D eigenvalue weighted by Gasteiger charge is 2.50. The van der Waals surface area contributed by atoms with Crippen LogP contribution in [-0.4, -0.2) is 98.9 Å². The number of methoxy groups -OCH3 is 2. The lowest BCUT2D eigenvalue weighted by atomic mass is 9.86. The van der Waals surface area contributed by atoms with E-state index in [9.17, 15) is 22.8 Å². The summed E-state index contributed by atoms with van der Waals surface area (Å²) in [7, 11) is 2.77. The Morgan fingerprint density at radius 1 is 1.05 bits per heavy atom. The molecule has 4 rings (SSSR count). The molecule has 2 unspecified atom stereocenters. The maximum atomic E-state index is 13.5. The minimum absolute atomic E-state index is 0.0326. The number of ether oxygens (including phenoxy) is 3. The zero-order valence-electron chi connectivity index (χ0n) is 21.4. The van der Waals surface area contributed by atoms with Crippen molar-refractivity contribution < 1.29 is 41.8 Å². The van der Waals surface area contributed by atoms with Crippen molar-refractivity contribution in [2.75, 3.05) is 58.4 Å². The van der Waals surface area contributed by atoms with Gasteiger partial charge in [0.2, 0.25) is 0 Å². The standard InChI is InChI=1S/C24H31F3N4O6/c1-23(2,3)36-22(33)30-8-6-29(7-9-30)13-19-15-12-31(21(32)24(25,26)27)16-11-18(35-5)17(34-4)10-14(16)20(15)28-37-19/h10-11,15,19H,6-9,12-13H2,1-5H3. The van der Waals surface area contributed by atoms with Gasteiger partial charge in [0, 0.05) is 50.9 Å². The van der Waals surface area contributed by atoms with Gasteiger partial charge in [0.25, 0.3) is 0 Å². The van der Waals surface area contributed by atoms with E-state index in [0.717, 1.165) is 0 Å². The van der Waals surface area contributed by atoms with Crippen LogP contribution in [0.2, 0.25) is 0 Å². The first-order valence-electron chi connectivity index (χ1n) is 11.9. The van der Waals surface area contributed by atoms with Gasteiger partial charge in [0.15, 0.2) is 11.5 Å². The van der Waals surface area contributed by atoms with Crippen molar-refractivity contribution in [3.8, 4) is 11.5 Å². The van der Waals surface area contributed by atoms with Crippen LogP contribution in [0.1, 0.15) is 26.3 Å². The molecule has 0 aromatic heterocycles. The van der Waals surface area contributed by atoms with Crippen LogP contribution < -0.4 is 14.4 Å². The molecule has 2 amide bonds. The van der Waals surface area contributed by atoms with Gasteiger partial charge >= 0.3 is 18.2 Å². The Balaban J connectivity index is 1.52. The molecule has 10 nitrogen and oxygen atoms in total. The first kappa shape index (κ1) is 26.8. The van der Waals surface area contributed by atoms with Gasteiger partial charge in [-0.15, -0.1) is 0 Å². The smallest absolute Gasteiger partial charge is 0.471 e. The number of hydrogen-bond acceptors (Lipinski definition) is 8. The van der Waals surface area contributed by atoms with Crippen molar-refractivity contribution >= 4 is 23.4 Å². The van der Waals surface area contributed by atoms with E-state index in [-0.39, 0.29) is 24.1 Å². The number of oxime groups is 1. The average Bonchev–Trinajstić information content (AvgIpc) is 3.23. The fourth-order valence-corrected chi connectivity index (χ4v) is 4.69. The second kappa shape index (κ2) is 9.92. The average molecular weight is 529 g/mol. The van der Waals surface area contributed by atoms with Gasteiger partial charge in [-0.2, -0.15) is 13.2 Å². The SMILES string of the molecule is COc1cc2c(cc1OC)N(C(=O)C(F)(F)F)CC1C2=NOC1CN1CCN(C(=O)OC(C)(C)C)CC1. The van der Waals surface area contributed by atoms with Crippen LogP contribution in [0.15, 0.2) is 17.3 Å². The van der Waals surface area contributed by atoms with Crippen molar-refractivity contribution in [2.24, 2.45) is 11.1 Å². The molecule has 1 aromatic rings. The van der Waals surface area contributed by atoms with Gasteiger partial charge in [0.1, 0.15) is 11.7 Å². The number of amides is 2. The number of fused-ring (bicyclic) bond motifs is 3. The highest BCUT2D eigenvalue weighted by molar-refractivity contribution is 6.14. The lowest BCUT2D eigenvalue weighted by molar-refractivity contribution is -0.170. The number of rotatable bonds is 4. The van der Waals surface area contributed by atoms with Gasteiger partial charge in [-0.05, 0) is 26.8 Å². The molecule has 37 heavy (non-hydrogen) atoms. The van der Waals surface area contributed by atoms with Crippen molar-refractivity contribution in [1.29, 1.82) is 0 Å². The molecule has 1 aromatic carbocycles. The van der Waals surface area contributed by atoms with Gasteiger partial charge in [-0.25, -0.2) is 4.79 Å². The molecule has 0 saturated carbocycles. The number of anilines is 1. The van der Waals surface area contributed by atoms with Crippen LogP contribution in [0.4, 0.5) is 23.7 Å². The predicted molar refractivity (Wildman–Crippen MR) is 127 cm³/mol. The maximum Gasteiger partial charge on any atom is 0.471 e. The Morgan fingerprint density at radius 2 is 1.68 bits per heavy atom. The minimum atomic E-state index is -5.06. The molecule has 0 bridgehead atoms. The van der Waals surface area contributed by atoms with Crippen LogP contribution in [0, 0.1) is 5.92 Å². The van der Waals surface area contributed by atoms with E-state index in [1.54, 1.807) is 25.7 Å². The zero-order valence-corrected chi connectivity index (χ0v) is 21.4. The summed E-state index contributed by atoms with van der Waals surface area (Å²) in [5.41, 5.74) is 0.220. The summed E-state index contributed by atoms with van der Waals surface area (Å²) in [5.74, 6) is -2.07. The van der Waals surface area contributed by atoms with Crippen LogP contribution in [-0.2, 0) is 14.4 Å². The first-order chi connectivity index (χ1) is 17.3. The second-order valence-electron chi connectivity index (χ2n) is 10.1. The Labute approximate surface area is 212 Å². The minimum Gasteiger partial charge on any atom is -0.493 e. The molecular weight excluding hydrogens is 497 g/mol. The Bertz CT molecular complexity index is 1080. The summed E-state index contributed by atoms with van der Waals surface area (Å²) in [6, 6.07) is 2.86. The largest absolute Gasteiger partial charge is 0.493 e. The molecule has 3 aliphatic rings. The number of carbonyl (C=O) groups is 2. The summed E-state index contributed by atoms with van der Waals surface area (Å²) < 4.78 is 56.5. The van der Waals surface area contributed by atoms with E-state index in [1.165, 1.54) is 26.4 Å². The van der Waals surface area contributed by atoms with Crippen molar-refractivity contribution in [1.82, 2.24) is 9.80 Å². The number of carbonyl (C=O) groups excluding carboxylic acids is 2. The molecule has 3 aliphatic heterocycles. The summed E-state index contributed by atoms with van der Waals surface area (Å²) >= 11 is 0. The van der Waals surface area contributed by atoms with Crippen LogP contribution in [0.3, 0.4) is 0 Å². The van der Waals surface area contributed by atoms with Gasteiger partial charge < -0.3 is 28.8 Å². The normalized spacial score (nSPS) is 22.0. The predicted octanol–water partition coefficient (Wildman–Crippen LogP) is 2.88. The zero-order chi connectivity index (χ0) is 27.1. The first-order valence-corrected chi connectivity index (χ1v) is 11.9. The van der Waals surface area contributed by atoms with Crippen molar-refractivity contribution in [3.63, 3.8) is 0 Å². The Morgan fingerprint density at radius 3 is 2.24 bits per heavy atom. The third kappa shape index (κ3) is 5.55. The lowest BCUT2D eigenvalue weighted by Gasteiger charge is -2.38. The number of nitrogens with zero attached hydrogens (tertiary/aromatic N) is 4. The number of piperazine rings is 1. The Hall–Kier alpha value is -3.22. The molecule has 0 N–H and O–H groups in total. The monoisotopic (exact) mass is 528 g/mol. The number of benzene rings is 1. The molecule has 1 saturated heterocycles. The number of halogens is 3. The van der Waals surface area contributed by atoms with Crippen LogP contribution in [0.25, 0.3) is 0 Å². The summed E-state index contributed by atoms with van der Waals surface area (Å²) in [6.07, 6.45) is -6.02. The third-order valence-electron chi connectivity index (χ3n) is 6.48. The topological polar surface area (TPSA) is 93.1 Å². The molecule has 204 valence electrons. The Kier molecular flexibility index (Phi) is 7.19. The third-order valence-corrected chi connectivity index (χ3v) is 6.48. The summed E-state index contributed by atoms with van der Waals surface area (Å²) in [4.78, 5) is 34.8. The van der Waals surface area contributed by atoms with Crippen LogP contribution >= 0.6 is 0 Å². The van der Waals surface area contributed by atoms with E-state index in [4.69, 9.17) is 19.0 Å². The van der Waals surface area contributed by atoms with E-state index in [0.29, 0.717) is 54.6 Å². The van der Waals surface area contributed by atoms with E-state index in [2.05, 4.69) is 10.1 Å². The molecule has 3 heterocycles. The molecule has 13 heteroatoms. The molecule has 0 spiro atoms. The fraction of sp³-hybridized carbons (Fsp3) is 0.625. The quantitative estimate of drug-likeness (QED) is 0.594. The second-order valence-corrected chi connectivity index (χ2v) is 10.1. The fourth-order valence-electron chi connectivity index (χ4n) is 4.69. The molecule has 1 fully saturated rings.